The SMILES string of the molecule is C[C@@H](Oc1cc(NC(=O)CN(C)CCN(C)C)ccc1S(=O)(=O)NC(C=O)CC(=O)O)C(SCCN1CCOCC1)n1cnc2ccccc21. The van der Waals surface area contributed by atoms with Gasteiger partial charge in [0.2, 0.25) is 15.9 Å². The Morgan fingerprint density at radius 3 is 2.58 bits per heavy atom. The molecular formula is C33H47N7O8S2. The third kappa shape index (κ3) is 11.5. The molecule has 17 heteroatoms. The number of fused-ring (bicyclic) bond motifs is 1. The van der Waals surface area contributed by atoms with Crippen molar-refractivity contribution in [3.05, 3.63) is 48.8 Å². The van der Waals surface area contributed by atoms with Crippen LogP contribution >= 0.6 is 11.8 Å². The van der Waals surface area contributed by atoms with Crippen molar-refractivity contribution in [3.63, 3.8) is 0 Å². The van der Waals surface area contributed by atoms with Crippen molar-refractivity contribution in [1.82, 2.24) is 29.0 Å². The summed E-state index contributed by atoms with van der Waals surface area (Å²) in [7, 11) is 1.27. The van der Waals surface area contributed by atoms with E-state index < -0.39 is 34.6 Å². The third-order valence-corrected chi connectivity index (χ3v) is 10.9. The van der Waals surface area contributed by atoms with E-state index in [0.717, 1.165) is 43.0 Å². The molecule has 0 radical (unpaired) electrons. The van der Waals surface area contributed by atoms with Gasteiger partial charge in [0.05, 0.1) is 49.6 Å². The topological polar surface area (TPSA) is 176 Å². The zero-order valence-electron chi connectivity index (χ0n) is 28.9. The zero-order valence-corrected chi connectivity index (χ0v) is 30.5. The number of aromatic nitrogens is 2. The molecule has 2 heterocycles. The molecule has 3 N–H and O–H groups in total. The highest BCUT2D eigenvalue weighted by Gasteiger charge is 2.29. The van der Waals surface area contributed by atoms with E-state index in [-0.39, 0.29) is 34.8 Å². The lowest BCUT2D eigenvalue weighted by Crippen LogP contribution is -2.38. The summed E-state index contributed by atoms with van der Waals surface area (Å²) in [5, 5.41) is 11.7. The second kappa shape index (κ2) is 18.6. The Hall–Kier alpha value is -3.58. The number of nitrogens with zero attached hydrogens (tertiary/aromatic N) is 5. The number of nitrogens with one attached hydrogen (secondary N) is 2. The molecule has 1 fully saturated rings. The Bertz CT molecular complexity index is 1700. The number of anilines is 1. The molecule has 4 rings (SSSR count). The molecule has 50 heavy (non-hydrogen) atoms. The van der Waals surface area contributed by atoms with Gasteiger partial charge < -0.3 is 34.2 Å². The number of hydrogen-bond donors (Lipinski definition) is 3. The number of para-hydroxylation sites is 2. The van der Waals surface area contributed by atoms with Crippen molar-refractivity contribution in [2.45, 2.75) is 35.8 Å². The monoisotopic (exact) mass is 733 g/mol. The maximum Gasteiger partial charge on any atom is 0.305 e. The first-order valence-electron chi connectivity index (χ1n) is 16.3. The molecule has 1 aliphatic rings. The van der Waals surface area contributed by atoms with Crippen LogP contribution in [0.2, 0.25) is 0 Å². The zero-order chi connectivity index (χ0) is 36.3. The van der Waals surface area contributed by atoms with Gasteiger partial charge in [0, 0.05) is 50.2 Å². The average Bonchev–Trinajstić information content (AvgIpc) is 3.49. The van der Waals surface area contributed by atoms with E-state index in [0.29, 0.717) is 25.4 Å². The minimum Gasteiger partial charge on any atom is -0.486 e. The molecule has 15 nitrogen and oxygen atoms in total. The molecule has 3 aromatic rings. The van der Waals surface area contributed by atoms with Crippen LogP contribution in [0, 0.1) is 0 Å². The molecule has 0 bridgehead atoms. The molecule has 0 saturated carbocycles. The highest BCUT2D eigenvalue weighted by Crippen LogP contribution is 2.35. The molecule has 3 atom stereocenters. The number of carbonyl (C=O) groups excluding carboxylic acids is 2. The molecule has 1 aromatic heterocycles. The standard InChI is InChI=1S/C33H47N7O8S2/c1-24(33(49-18-15-39-13-16-47-17-14-39)40-23-34-27-7-5-6-8-28(27)40)48-29-19-25(35-31(42)21-38(4)12-11-37(2)3)9-10-30(29)50(45,46)36-26(22-41)20-32(43)44/h5-10,19,22-24,26,33,36H,11-18,20-21H2,1-4H3,(H,35,42)(H,43,44)/t24-,26?,33?/m1/s1. The van der Waals surface area contributed by atoms with Crippen molar-refractivity contribution >= 4 is 56.7 Å². The van der Waals surface area contributed by atoms with E-state index in [1.165, 1.54) is 18.2 Å². The van der Waals surface area contributed by atoms with Gasteiger partial charge in [0.15, 0.2) is 0 Å². The number of carboxylic acids is 1. The number of hydrogen-bond acceptors (Lipinski definition) is 12. The van der Waals surface area contributed by atoms with Gasteiger partial charge in [0.1, 0.15) is 28.4 Å². The number of ether oxygens (including phenoxy) is 2. The van der Waals surface area contributed by atoms with Gasteiger partial charge in [-0.15, -0.1) is 11.8 Å². The van der Waals surface area contributed by atoms with Crippen LogP contribution < -0.4 is 14.8 Å². The third-order valence-electron chi connectivity index (χ3n) is 7.99. The van der Waals surface area contributed by atoms with Crippen LogP contribution in [0.1, 0.15) is 18.7 Å². The first-order chi connectivity index (χ1) is 23.9. The summed E-state index contributed by atoms with van der Waals surface area (Å²) in [6, 6.07) is 10.3. The van der Waals surface area contributed by atoms with Crippen LogP contribution in [-0.2, 0) is 29.1 Å². The van der Waals surface area contributed by atoms with Crippen LogP contribution in [-0.4, -0.2) is 147 Å². The molecule has 274 valence electrons. The van der Waals surface area contributed by atoms with Gasteiger partial charge in [-0.05, 0) is 52.3 Å². The van der Waals surface area contributed by atoms with Gasteiger partial charge in [-0.3, -0.25) is 19.4 Å². The van der Waals surface area contributed by atoms with Gasteiger partial charge in [-0.25, -0.2) is 18.1 Å². The molecule has 1 amide bonds. The summed E-state index contributed by atoms with van der Waals surface area (Å²) >= 11 is 1.64. The summed E-state index contributed by atoms with van der Waals surface area (Å²) in [6.07, 6.45) is 0.599. The number of carbonyl (C=O) groups is 3. The number of aliphatic carboxylic acids is 1. The van der Waals surface area contributed by atoms with Crippen molar-refractivity contribution in [3.8, 4) is 5.75 Å². The first-order valence-corrected chi connectivity index (χ1v) is 18.9. The fourth-order valence-corrected chi connectivity index (χ4v) is 7.92. The van der Waals surface area contributed by atoms with Crippen molar-refractivity contribution in [2.24, 2.45) is 0 Å². The van der Waals surface area contributed by atoms with Crippen LogP contribution in [0.15, 0.2) is 53.7 Å². The Balaban J connectivity index is 1.64. The van der Waals surface area contributed by atoms with Crippen LogP contribution in [0.25, 0.3) is 11.0 Å². The number of amides is 1. The highest BCUT2D eigenvalue weighted by molar-refractivity contribution is 7.99. The highest BCUT2D eigenvalue weighted by atomic mass is 32.2. The molecule has 0 spiro atoms. The largest absolute Gasteiger partial charge is 0.486 e. The summed E-state index contributed by atoms with van der Waals surface area (Å²) < 4.78 is 43.4. The number of benzene rings is 2. The smallest absolute Gasteiger partial charge is 0.305 e. The fraction of sp³-hybridized carbons (Fsp3) is 0.515. The quantitative estimate of drug-likeness (QED) is 0.144. The molecule has 1 aliphatic heterocycles. The molecule has 0 aliphatic carbocycles. The first kappa shape index (κ1) is 39.2. The summed E-state index contributed by atoms with van der Waals surface area (Å²) in [6.45, 7) is 7.22. The fourth-order valence-electron chi connectivity index (χ4n) is 5.37. The maximum absolute atomic E-state index is 13.6. The lowest BCUT2D eigenvalue weighted by Gasteiger charge is -2.30. The van der Waals surface area contributed by atoms with Crippen molar-refractivity contribution < 1.29 is 37.4 Å². The van der Waals surface area contributed by atoms with E-state index in [1.807, 2.05) is 66.7 Å². The maximum atomic E-state index is 13.6. The average molecular weight is 734 g/mol. The molecular weight excluding hydrogens is 687 g/mol. The second-order valence-corrected chi connectivity index (χ2v) is 15.3. The number of aldehydes is 1. The second-order valence-electron chi connectivity index (χ2n) is 12.4. The number of sulfonamides is 1. The predicted molar refractivity (Wildman–Crippen MR) is 192 cm³/mol. The predicted octanol–water partition coefficient (Wildman–Crippen LogP) is 1.82. The number of thioether (sulfide) groups is 1. The van der Waals surface area contributed by atoms with Gasteiger partial charge in [-0.2, -0.15) is 0 Å². The lowest BCUT2D eigenvalue weighted by molar-refractivity contribution is -0.138. The number of likely N-dealkylation sites (N-methyl/N-ethyl adjacent to an activating group) is 2. The normalized spacial score (nSPS) is 16.0. The van der Waals surface area contributed by atoms with Gasteiger partial charge in [-0.1, -0.05) is 12.1 Å². The summed E-state index contributed by atoms with van der Waals surface area (Å²) in [4.78, 5) is 46.3. The number of rotatable bonds is 20. The number of morpholine rings is 1. The van der Waals surface area contributed by atoms with Gasteiger partial charge >= 0.3 is 5.97 Å². The van der Waals surface area contributed by atoms with E-state index >= 15 is 0 Å². The Kier molecular flexibility index (Phi) is 14.6. The van der Waals surface area contributed by atoms with Crippen molar-refractivity contribution in [1.29, 1.82) is 0 Å². The van der Waals surface area contributed by atoms with E-state index in [1.54, 1.807) is 18.1 Å². The van der Waals surface area contributed by atoms with Crippen molar-refractivity contribution in [2.75, 3.05) is 84.7 Å². The summed E-state index contributed by atoms with van der Waals surface area (Å²) in [5.74, 6) is -0.978. The van der Waals surface area contributed by atoms with E-state index in [4.69, 9.17) is 9.47 Å². The Morgan fingerprint density at radius 2 is 1.88 bits per heavy atom. The number of carboxylic acid groups (broad SMARTS) is 1. The molecule has 2 aromatic carbocycles. The van der Waals surface area contributed by atoms with Crippen LogP contribution in [0.5, 0.6) is 5.75 Å². The van der Waals surface area contributed by atoms with Crippen LogP contribution in [0.3, 0.4) is 0 Å². The molecule has 2 unspecified atom stereocenters. The minimum absolute atomic E-state index is 0.0769. The van der Waals surface area contributed by atoms with Gasteiger partial charge in [0.25, 0.3) is 0 Å². The lowest BCUT2D eigenvalue weighted by atomic mass is 10.2. The van der Waals surface area contributed by atoms with E-state index in [9.17, 15) is 27.9 Å². The minimum atomic E-state index is -4.46. The number of imidazole rings is 1. The Labute approximate surface area is 297 Å². The summed E-state index contributed by atoms with van der Waals surface area (Å²) in [5.41, 5.74) is 1.98. The molecule has 1 saturated heterocycles. The van der Waals surface area contributed by atoms with Crippen LogP contribution in [0.4, 0.5) is 5.69 Å². The van der Waals surface area contributed by atoms with E-state index in [2.05, 4.69) is 19.9 Å². The Morgan fingerprint density at radius 1 is 1.14 bits per heavy atom.